The minimum Gasteiger partial charge on any atom is -0.340 e. The lowest BCUT2D eigenvalue weighted by Gasteiger charge is -2.31. The lowest BCUT2D eigenvalue weighted by Crippen LogP contribution is -2.42. The van der Waals surface area contributed by atoms with E-state index >= 15 is 0 Å². The Balaban J connectivity index is 2.09. The highest BCUT2D eigenvalue weighted by Crippen LogP contribution is 2.13. The van der Waals surface area contributed by atoms with E-state index in [4.69, 9.17) is 0 Å². The summed E-state index contributed by atoms with van der Waals surface area (Å²) >= 11 is 0. The Hall–Kier alpha value is -1.91. The van der Waals surface area contributed by atoms with Gasteiger partial charge in [-0.25, -0.2) is 0 Å². The van der Waals surface area contributed by atoms with Crippen LogP contribution in [0, 0.1) is 0 Å². The SMILES string of the molecule is CC(=O)N(C)Cc1cc(C(=O)N2CCC2)ccn1. The Morgan fingerprint density at radius 1 is 1.44 bits per heavy atom. The zero-order chi connectivity index (χ0) is 13.1. The predicted molar refractivity (Wildman–Crippen MR) is 66.9 cm³/mol. The molecule has 18 heavy (non-hydrogen) atoms. The molecular formula is C13H17N3O2. The Morgan fingerprint density at radius 3 is 2.72 bits per heavy atom. The molecule has 1 aliphatic heterocycles. The molecule has 0 aromatic carbocycles. The molecule has 0 saturated carbocycles. The molecule has 5 nitrogen and oxygen atoms in total. The van der Waals surface area contributed by atoms with Crippen LogP contribution in [0.2, 0.25) is 0 Å². The number of hydrogen-bond acceptors (Lipinski definition) is 3. The molecule has 0 spiro atoms. The first kappa shape index (κ1) is 12.5. The fourth-order valence-corrected chi connectivity index (χ4v) is 1.75. The molecule has 5 heteroatoms. The van der Waals surface area contributed by atoms with Crippen LogP contribution in [0.25, 0.3) is 0 Å². The first-order valence-electron chi connectivity index (χ1n) is 6.04. The quantitative estimate of drug-likeness (QED) is 0.797. The number of pyridine rings is 1. The number of nitrogens with zero attached hydrogens (tertiary/aromatic N) is 3. The van der Waals surface area contributed by atoms with Gasteiger partial charge in [-0.2, -0.15) is 0 Å². The molecule has 0 atom stereocenters. The summed E-state index contributed by atoms with van der Waals surface area (Å²) < 4.78 is 0. The Morgan fingerprint density at radius 2 is 2.17 bits per heavy atom. The van der Waals surface area contributed by atoms with Crippen LogP contribution in [-0.4, -0.2) is 46.7 Å². The summed E-state index contributed by atoms with van der Waals surface area (Å²) in [6, 6.07) is 3.48. The fourth-order valence-electron chi connectivity index (χ4n) is 1.75. The molecule has 1 fully saturated rings. The highest BCUT2D eigenvalue weighted by atomic mass is 16.2. The lowest BCUT2D eigenvalue weighted by atomic mass is 10.1. The van der Waals surface area contributed by atoms with Crippen molar-refractivity contribution in [1.82, 2.24) is 14.8 Å². The summed E-state index contributed by atoms with van der Waals surface area (Å²) in [6.45, 7) is 3.61. The first-order chi connectivity index (χ1) is 8.58. The van der Waals surface area contributed by atoms with Crippen LogP contribution < -0.4 is 0 Å². The summed E-state index contributed by atoms with van der Waals surface area (Å²) in [5, 5.41) is 0. The van der Waals surface area contributed by atoms with Crippen LogP contribution in [0.1, 0.15) is 29.4 Å². The van der Waals surface area contributed by atoms with Crippen LogP contribution in [0.4, 0.5) is 0 Å². The molecule has 0 unspecified atom stereocenters. The number of aromatic nitrogens is 1. The second kappa shape index (κ2) is 5.16. The maximum absolute atomic E-state index is 12.0. The molecule has 2 heterocycles. The van der Waals surface area contributed by atoms with Gasteiger partial charge < -0.3 is 9.80 Å². The zero-order valence-corrected chi connectivity index (χ0v) is 10.7. The van der Waals surface area contributed by atoms with Gasteiger partial charge in [-0.15, -0.1) is 0 Å². The van der Waals surface area contributed by atoms with Crippen molar-refractivity contribution in [3.8, 4) is 0 Å². The number of amides is 2. The third-order valence-corrected chi connectivity index (χ3v) is 3.14. The molecule has 1 aromatic heterocycles. The van der Waals surface area contributed by atoms with Gasteiger partial charge in [-0.05, 0) is 18.6 Å². The first-order valence-corrected chi connectivity index (χ1v) is 6.04. The third kappa shape index (κ3) is 2.67. The van der Waals surface area contributed by atoms with Crippen LogP contribution in [-0.2, 0) is 11.3 Å². The van der Waals surface area contributed by atoms with E-state index in [1.165, 1.54) is 6.92 Å². The van der Waals surface area contributed by atoms with E-state index in [-0.39, 0.29) is 11.8 Å². The molecule has 1 aromatic rings. The molecule has 96 valence electrons. The van der Waals surface area contributed by atoms with Gasteiger partial charge in [0.2, 0.25) is 5.91 Å². The smallest absolute Gasteiger partial charge is 0.253 e. The van der Waals surface area contributed by atoms with E-state index in [2.05, 4.69) is 4.98 Å². The molecule has 1 saturated heterocycles. The molecule has 0 aliphatic carbocycles. The topological polar surface area (TPSA) is 53.5 Å². The molecule has 0 N–H and O–H groups in total. The Bertz CT molecular complexity index is 469. The number of carbonyl (C=O) groups excluding carboxylic acids is 2. The Kier molecular flexibility index (Phi) is 3.60. The van der Waals surface area contributed by atoms with Gasteiger partial charge in [0.25, 0.3) is 5.91 Å². The third-order valence-electron chi connectivity index (χ3n) is 3.14. The van der Waals surface area contributed by atoms with E-state index < -0.39 is 0 Å². The van der Waals surface area contributed by atoms with Crippen molar-refractivity contribution in [3.05, 3.63) is 29.6 Å². The van der Waals surface area contributed by atoms with Crippen molar-refractivity contribution in [3.63, 3.8) is 0 Å². The molecule has 2 rings (SSSR count). The molecule has 2 amide bonds. The second-order valence-electron chi connectivity index (χ2n) is 4.56. The van der Waals surface area contributed by atoms with Crippen molar-refractivity contribution in [2.45, 2.75) is 19.9 Å². The van der Waals surface area contributed by atoms with Crippen LogP contribution in [0.3, 0.4) is 0 Å². The number of carbonyl (C=O) groups is 2. The predicted octanol–water partition coefficient (Wildman–Crippen LogP) is 0.906. The van der Waals surface area contributed by atoms with Gasteiger partial charge in [-0.3, -0.25) is 14.6 Å². The van der Waals surface area contributed by atoms with Crippen molar-refractivity contribution >= 4 is 11.8 Å². The number of hydrogen-bond donors (Lipinski definition) is 0. The minimum absolute atomic E-state index is 0.0173. The van der Waals surface area contributed by atoms with Gasteiger partial charge in [0.15, 0.2) is 0 Å². The van der Waals surface area contributed by atoms with Gasteiger partial charge >= 0.3 is 0 Å². The van der Waals surface area contributed by atoms with Gasteiger partial charge in [0, 0.05) is 38.8 Å². The van der Waals surface area contributed by atoms with Crippen LogP contribution >= 0.6 is 0 Å². The lowest BCUT2D eigenvalue weighted by molar-refractivity contribution is -0.128. The largest absolute Gasteiger partial charge is 0.340 e. The summed E-state index contributed by atoms with van der Waals surface area (Å²) in [7, 11) is 1.72. The summed E-state index contributed by atoms with van der Waals surface area (Å²) in [4.78, 5) is 30.7. The standard InChI is InChI=1S/C13H17N3O2/c1-10(17)15(2)9-12-8-11(4-5-14-12)13(18)16-6-3-7-16/h4-5,8H,3,6-7,9H2,1-2H3. The van der Waals surface area contributed by atoms with E-state index in [1.807, 2.05) is 4.90 Å². The Labute approximate surface area is 106 Å². The van der Waals surface area contributed by atoms with E-state index in [9.17, 15) is 9.59 Å². The molecule has 1 aliphatic rings. The highest BCUT2D eigenvalue weighted by Gasteiger charge is 2.21. The number of likely N-dealkylation sites (tertiary alicyclic amines) is 1. The number of rotatable bonds is 3. The van der Waals surface area contributed by atoms with Gasteiger partial charge in [0.05, 0.1) is 12.2 Å². The summed E-state index contributed by atoms with van der Waals surface area (Å²) in [5.41, 5.74) is 1.38. The van der Waals surface area contributed by atoms with E-state index in [0.29, 0.717) is 12.1 Å². The van der Waals surface area contributed by atoms with Crippen LogP contribution in [0.15, 0.2) is 18.3 Å². The molecular weight excluding hydrogens is 230 g/mol. The average Bonchev–Trinajstić information content (AvgIpc) is 2.26. The van der Waals surface area contributed by atoms with E-state index in [1.54, 1.807) is 30.3 Å². The summed E-state index contributed by atoms with van der Waals surface area (Å²) in [5.74, 6) is 0.0339. The van der Waals surface area contributed by atoms with Gasteiger partial charge in [0.1, 0.15) is 0 Å². The minimum atomic E-state index is -0.0173. The molecule has 0 bridgehead atoms. The van der Waals surface area contributed by atoms with Gasteiger partial charge in [-0.1, -0.05) is 0 Å². The van der Waals surface area contributed by atoms with Crippen LogP contribution in [0.5, 0.6) is 0 Å². The zero-order valence-electron chi connectivity index (χ0n) is 10.7. The normalized spacial score (nSPS) is 14.0. The molecule has 0 radical (unpaired) electrons. The van der Waals surface area contributed by atoms with Crippen molar-refractivity contribution in [2.24, 2.45) is 0 Å². The van der Waals surface area contributed by atoms with E-state index in [0.717, 1.165) is 25.2 Å². The monoisotopic (exact) mass is 247 g/mol. The van der Waals surface area contributed by atoms with Crippen molar-refractivity contribution in [1.29, 1.82) is 0 Å². The van der Waals surface area contributed by atoms with Crippen molar-refractivity contribution < 1.29 is 9.59 Å². The van der Waals surface area contributed by atoms with Crippen molar-refractivity contribution in [2.75, 3.05) is 20.1 Å². The maximum Gasteiger partial charge on any atom is 0.253 e. The average molecular weight is 247 g/mol. The fraction of sp³-hybridized carbons (Fsp3) is 0.462. The second-order valence-corrected chi connectivity index (χ2v) is 4.56. The summed E-state index contributed by atoms with van der Waals surface area (Å²) in [6.07, 6.45) is 2.70. The maximum atomic E-state index is 12.0. The highest BCUT2D eigenvalue weighted by molar-refractivity contribution is 5.94.